The van der Waals surface area contributed by atoms with Crippen LogP contribution in [-0.2, 0) is 13.0 Å². The van der Waals surface area contributed by atoms with Gasteiger partial charge in [0.15, 0.2) is 18.7 Å². The molecule has 0 aliphatic heterocycles. The Labute approximate surface area is 104 Å². The van der Waals surface area contributed by atoms with Crippen LogP contribution in [0.3, 0.4) is 0 Å². The fourth-order valence-corrected chi connectivity index (χ4v) is 1.37. The van der Waals surface area contributed by atoms with Gasteiger partial charge in [0, 0.05) is 6.42 Å². The molecule has 0 radical (unpaired) electrons. The Balaban J connectivity index is 1.91. The molecule has 0 N–H and O–H groups in total. The summed E-state index contributed by atoms with van der Waals surface area (Å²) in [6, 6.07) is 3.25. The van der Waals surface area contributed by atoms with E-state index in [4.69, 9.17) is 9.26 Å². The Morgan fingerprint density at radius 2 is 2.33 bits per heavy atom. The van der Waals surface area contributed by atoms with E-state index in [1.54, 1.807) is 12.1 Å². The summed E-state index contributed by atoms with van der Waals surface area (Å²) in [5, 5.41) is 3.82. The number of pyridine rings is 1. The van der Waals surface area contributed by atoms with Gasteiger partial charge < -0.3 is 9.26 Å². The van der Waals surface area contributed by atoms with Gasteiger partial charge >= 0.3 is 0 Å². The van der Waals surface area contributed by atoms with Gasteiger partial charge in [0.25, 0.3) is 5.89 Å². The summed E-state index contributed by atoms with van der Waals surface area (Å²) < 4.78 is 10.4. The SMILES string of the molecule is CCCc1noc(COc2ccc(C=O)nc2)n1. The molecule has 0 spiro atoms. The maximum atomic E-state index is 10.4. The minimum atomic E-state index is 0.193. The fraction of sp³-hybridized carbons (Fsp3) is 0.333. The van der Waals surface area contributed by atoms with E-state index >= 15 is 0 Å². The molecule has 0 saturated carbocycles. The van der Waals surface area contributed by atoms with Crippen LogP contribution in [0, 0.1) is 0 Å². The molecular weight excluding hydrogens is 234 g/mol. The van der Waals surface area contributed by atoms with Gasteiger partial charge in [-0.05, 0) is 18.6 Å². The van der Waals surface area contributed by atoms with Gasteiger partial charge in [0.1, 0.15) is 11.4 Å². The Morgan fingerprint density at radius 1 is 1.44 bits per heavy atom. The highest BCUT2D eigenvalue weighted by atomic mass is 16.5. The molecule has 0 aliphatic rings. The number of hydrogen-bond donors (Lipinski definition) is 0. The first-order chi connectivity index (χ1) is 8.81. The third-order valence-corrected chi connectivity index (χ3v) is 2.23. The van der Waals surface area contributed by atoms with Gasteiger partial charge in [-0.2, -0.15) is 4.98 Å². The number of rotatable bonds is 6. The summed E-state index contributed by atoms with van der Waals surface area (Å²) in [6.07, 6.45) is 3.92. The zero-order valence-corrected chi connectivity index (χ0v) is 10.00. The standard InChI is InChI=1S/C12H13N3O3/c1-2-3-11-14-12(18-15-11)8-17-10-5-4-9(7-16)13-6-10/h4-7H,2-3,8H2,1H3. The molecule has 0 aromatic carbocycles. The third kappa shape index (κ3) is 3.13. The number of aromatic nitrogens is 3. The molecule has 2 aromatic rings. The van der Waals surface area contributed by atoms with Crippen molar-refractivity contribution in [3.05, 3.63) is 35.7 Å². The molecule has 0 fully saturated rings. The lowest BCUT2D eigenvalue weighted by Gasteiger charge is -2.01. The van der Waals surface area contributed by atoms with Crippen molar-refractivity contribution < 1.29 is 14.1 Å². The quantitative estimate of drug-likeness (QED) is 0.724. The number of aryl methyl sites for hydroxylation is 1. The van der Waals surface area contributed by atoms with Gasteiger partial charge in [0.05, 0.1) is 6.20 Å². The molecule has 6 nitrogen and oxygen atoms in total. The molecule has 0 saturated heterocycles. The zero-order chi connectivity index (χ0) is 12.8. The van der Waals surface area contributed by atoms with Crippen LogP contribution in [0.1, 0.15) is 35.5 Å². The Hall–Kier alpha value is -2.24. The number of carbonyl (C=O) groups excluding carboxylic acids is 1. The van der Waals surface area contributed by atoms with Gasteiger partial charge in [-0.15, -0.1) is 0 Å². The topological polar surface area (TPSA) is 78.1 Å². The first kappa shape index (κ1) is 12.2. The smallest absolute Gasteiger partial charge is 0.264 e. The van der Waals surface area contributed by atoms with Crippen LogP contribution in [0.25, 0.3) is 0 Å². The fourth-order valence-electron chi connectivity index (χ4n) is 1.37. The van der Waals surface area contributed by atoms with Crippen molar-refractivity contribution in [1.82, 2.24) is 15.1 Å². The van der Waals surface area contributed by atoms with Gasteiger partial charge in [-0.1, -0.05) is 12.1 Å². The highest BCUT2D eigenvalue weighted by molar-refractivity contribution is 5.71. The van der Waals surface area contributed by atoms with Crippen molar-refractivity contribution in [3.63, 3.8) is 0 Å². The van der Waals surface area contributed by atoms with E-state index in [0.29, 0.717) is 29.4 Å². The second kappa shape index (κ2) is 5.90. The molecule has 18 heavy (non-hydrogen) atoms. The lowest BCUT2D eigenvalue weighted by molar-refractivity contribution is 0.111. The Kier molecular flexibility index (Phi) is 4.01. The van der Waals surface area contributed by atoms with Crippen LogP contribution >= 0.6 is 0 Å². The molecule has 0 unspecified atom stereocenters. The summed E-state index contributed by atoms with van der Waals surface area (Å²) >= 11 is 0. The molecule has 2 aromatic heterocycles. The second-order valence-corrected chi connectivity index (χ2v) is 3.68. The summed E-state index contributed by atoms with van der Waals surface area (Å²) in [5.41, 5.74) is 0.366. The van der Waals surface area contributed by atoms with E-state index in [1.807, 2.05) is 6.92 Å². The lowest BCUT2D eigenvalue weighted by atomic mass is 10.3. The molecule has 6 heteroatoms. The minimum absolute atomic E-state index is 0.193. The average Bonchev–Trinajstić information content (AvgIpc) is 2.85. The summed E-state index contributed by atoms with van der Waals surface area (Å²) in [4.78, 5) is 18.5. The average molecular weight is 247 g/mol. The van der Waals surface area contributed by atoms with Crippen molar-refractivity contribution in [1.29, 1.82) is 0 Å². The van der Waals surface area contributed by atoms with E-state index < -0.39 is 0 Å². The van der Waals surface area contributed by atoms with Crippen molar-refractivity contribution in [2.24, 2.45) is 0 Å². The second-order valence-electron chi connectivity index (χ2n) is 3.68. The van der Waals surface area contributed by atoms with E-state index in [9.17, 15) is 4.79 Å². The maximum absolute atomic E-state index is 10.4. The first-order valence-electron chi connectivity index (χ1n) is 5.67. The first-order valence-corrected chi connectivity index (χ1v) is 5.67. The zero-order valence-electron chi connectivity index (χ0n) is 10.00. The number of ether oxygens (including phenoxy) is 1. The molecule has 2 rings (SSSR count). The van der Waals surface area contributed by atoms with Crippen LogP contribution in [0.2, 0.25) is 0 Å². The number of hydrogen-bond acceptors (Lipinski definition) is 6. The monoisotopic (exact) mass is 247 g/mol. The Bertz CT molecular complexity index is 508. The molecule has 0 bridgehead atoms. The van der Waals surface area contributed by atoms with Crippen molar-refractivity contribution in [3.8, 4) is 5.75 Å². The van der Waals surface area contributed by atoms with E-state index in [0.717, 1.165) is 12.8 Å². The molecule has 0 aliphatic carbocycles. The number of carbonyl (C=O) groups is 1. The molecule has 0 amide bonds. The summed E-state index contributed by atoms with van der Waals surface area (Å²) in [5.74, 6) is 1.67. The summed E-state index contributed by atoms with van der Waals surface area (Å²) in [7, 11) is 0. The number of nitrogens with zero attached hydrogens (tertiary/aromatic N) is 3. The van der Waals surface area contributed by atoms with Crippen LogP contribution < -0.4 is 4.74 Å². The van der Waals surface area contributed by atoms with E-state index in [2.05, 4.69) is 15.1 Å². The summed E-state index contributed by atoms with van der Waals surface area (Å²) in [6.45, 7) is 2.24. The van der Waals surface area contributed by atoms with Crippen LogP contribution in [-0.4, -0.2) is 21.4 Å². The molecule has 0 atom stereocenters. The van der Waals surface area contributed by atoms with Crippen LogP contribution in [0.15, 0.2) is 22.9 Å². The predicted molar refractivity (Wildman–Crippen MR) is 62.2 cm³/mol. The van der Waals surface area contributed by atoms with Crippen molar-refractivity contribution in [2.45, 2.75) is 26.4 Å². The van der Waals surface area contributed by atoms with Gasteiger partial charge in [-0.3, -0.25) is 4.79 Å². The van der Waals surface area contributed by atoms with Crippen LogP contribution in [0.5, 0.6) is 5.75 Å². The van der Waals surface area contributed by atoms with Crippen molar-refractivity contribution >= 4 is 6.29 Å². The Morgan fingerprint density at radius 3 is 3.00 bits per heavy atom. The number of aldehydes is 1. The molecule has 2 heterocycles. The maximum Gasteiger partial charge on any atom is 0.264 e. The van der Waals surface area contributed by atoms with Gasteiger partial charge in [0.2, 0.25) is 0 Å². The third-order valence-electron chi connectivity index (χ3n) is 2.23. The largest absolute Gasteiger partial charge is 0.482 e. The van der Waals surface area contributed by atoms with E-state index in [1.165, 1.54) is 6.20 Å². The van der Waals surface area contributed by atoms with Gasteiger partial charge in [-0.25, -0.2) is 4.98 Å². The highest BCUT2D eigenvalue weighted by Gasteiger charge is 2.06. The molecule has 94 valence electrons. The van der Waals surface area contributed by atoms with E-state index in [-0.39, 0.29) is 6.61 Å². The normalized spacial score (nSPS) is 10.3. The van der Waals surface area contributed by atoms with Crippen molar-refractivity contribution in [2.75, 3.05) is 0 Å². The highest BCUT2D eigenvalue weighted by Crippen LogP contribution is 2.10. The lowest BCUT2D eigenvalue weighted by Crippen LogP contribution is -1.97. The van der Waals surface area contributed by atoms with Crippen LogP contribution in [0.4, 0.5) is 0 Å². The molecular formula is C12H13N3O3. The minimum Gasteiger partial charge on any atom is -0.482 e. The predicted octanol–water partition coefficient (Wildman–Crippen LogP) is 1.81.